The lowest BCUT2D eigenvalue weighted by Gasteiger charge is -2.07. The van der Waals surface area contributed by atoms with Crippen molar-refractivity contribution in [1.82, 2.24) is 19.6 Å². The molecule has 0 aliphatic carbocycles. The Balaban J connectivity index is 2.31. The molecule has 1 N–H and O–H groups in total. The van der Waals surface area contributed by atoms with Gasteiger partial charge in [-0.1, -0.05) is 6.92 Å². The van der Waals surface area contributed by atoms with E-state index in [1.165, 1.54) is 10.9 Å². The Labute approximate surface area is 116 Å². The lowest BCUT2D eigenvalue weighted by Crippen LogP contribution is -2.19. The number of nitrogens with one attached hydrogen (secondary N) is 1. The van der Waals surface area contributed by atoms with Crippen LogP contribution in [-0.2, 0) is 20.0 Å². The fourth-order valence-electron chi connectivity index (χ4n) is 1.91. The van der Waals surface area contributed by atoms with E-state index in [-0.39, 0.29) is 5.91 Å². The maximum atomic E-state index is 12.3. The summed E-state index contributed by atoms with van der Waals surface area (Å²) < 4.78 is 3.11. The summed E-state index contributed by atoms with van der Waals surface area (Å²) >= 11 is 0. The van der Waals surface area contributed by atoms with Gasteiger partial charge in [-0.25, -0.2) is 0 Å². The summed E-state index contributed by atoms with van der Waals surface area (Å²) in [5.74, 6) is 0.0959. The molecule has 2 aromatic rings. The summed E-state index contributed by atoms with van der Waals surface area (Å²) in [5.41, 5.74) is 1.68. The van der Waals surface area contributed by atoms with Gasteiger partial charge in [-0.05, 0) is 19.4 Å². The van der Waals surface area contributed by atoms with E-state index in [0.29, 0.717) is 23.6 Å². The number of carbonyl (C=O) groups is 1. The number of carbonyl (C=O) groups excluding carboxylic acids is 1. The molecular formula is C13H16N6O. The second-order valence-electron chi connectivity index (χ2n) is 4.29. The number of amides is 1. The first kappa shape index (κ1) is 13.8. The normalized spacial score (nSPS) is 10.3. The summed E-state index contributed by atoms with van der Waals surface area (Å²) in [4.78, 5) is 12.3. The Kier molecular flexibility index (Phi) is 3.84. The topological polar surface area (TPSA) is 88.5 Å². The minimum Gasteiger partial charge on any atom is -0.304 e. The summed E-state index contributed by atoms with van der Waals surface area (Å²) in [5, 5.41) is 20.0. The number of nitrogens with zero attached hydrogens (tertiary/aromatic N) is 5. The van der Waals surface area contributed by atoms with Crippen molar-refractivity contribution in [3.63, 3.8) is 0 Å². The minimum atomic E-state index is -0.292. The van der Waals surface area contributed by atoms with Crippen LogP contribution in [0.3, 0.4) is 0 Å². The van der Waals surface area contributed by atoms with Crippen molar-refractivity contribution in [2.24, 2.45) is 7.05 Å². The van der Waals surface area contributed by atoms with E-state index in [9.17, 15) is 4.79 Å². The molecule has 0 spiro atoms. The first-order valence-electron chi connectivity index (χ1n) is 6.40. The van der Waals surface area contributed by atoms with Crippen LogP contribution in [0.4, 0.5) is 5.82 Å². The number of aryl methyl sites for hydroxylation is 3. The zero-order valence-electron chi connectivity index (χ0n) is 11.7. The van der Waals surface area contributed by atoms with Crippen LogP contribution >= 0.6 is 0 Å². The van der Waals surface area contributed by atoms with E-state index < -0.39 is 0 Å². The average molecular weight is 272 g/mol. The van der Waals surface area contributed by atoms with Crippen molar-refractivity contribution in [3.8, 4) is 6.07 Å². The molecule has 0 radical (unpaired) electrons. The van der Waals surface area contributed by atoms with Gasteiger partial charge in [0.25, 0.3) is 5.91 Å². The number of hydrogen-bond donors (Lipinski definition) is 1. The molecular weight excluding hydrogens is 256 g/mol. The van der Waals surface area contributed by atoms with Gasteiger partial charge in [-0.2, -0.15) is 15.5 Å². The Hall–Kier alpha value is -2.62. The molecule has 2 rings (SSSR count). The van der Waals surface area contributed by atoms with Crippen LogP contribution in [0.5, 0.6) is 0 Å². The molecule has 104 valence electrons. The van der Waals surface area contributed by atoms with E-state index >= 15 is 0 Å². The van der Waals surface area contributed by atoms with Crippen LogP contribution in [0.25, 0.3) is 0 Å². The van der Waals surface area contributed by atoms with Crippen molar-refractivity contribution in [2.75, 3.05) is 5.32 Å². The van der Waals surface area contributed by atoms with Gasteiger partial charge in [0.15, 0.2) is 0 Å². The highest BCUT2D eigenvalue weighted by atomic mass is 16.2. The van der Waals surface area contributed by atoms with Gasteiger partial charge in [-0.15, -0.1) is 0 Å². The molecule has 2 aromatic heterocycles. The number of hydrogen-bond acceptors (Lipinski definition) is 4. The molecule has 0 aliphatic rings. The number of nitriles is 1. The number of rotatable bonds is 4. The molecule has 1 amide bonds. The van der Waals surface area contributed by atoms with E-state index in [4.69, 9.17) is 5.26 Å². The third kappa shape index (κ3) is 2.40. The lowest BCUT2D eigenvalue weighted by molar-refractivity contribution is 0.101. The SMILES string of the molecule is CCc1cc(C(=O)Nc2c(C#N)cnn2C)n(CC)n1. The molecule has 0 bridgehead atoms. The maximum Gasteiger partial charge on any atom is 0.275 e. The van der Waals surface area contributed by atoms with Crippen molar-refractivity contribution in [1.29, 1.82) is 5.26 Å². The smallest absolute Gasteiger partial charge is 0.275 e. The van der Waals surface area contributed by atoms with Crippen LogP contribution in [0.2, 0.25) is 0 Å². The van der Waals surface area contributed by atoms with E-state index in [1.54, 1.807) is 17.8 Å². The third-order valence-electron chi connectivity index (χ3n) is 3.02. The minimum absolute atomic E-state index is 0.292. The quantitative estimate of drug-likeness (QED) is 0.909. The van der Waals surface area contributed by atoms with E-state index in [0.717, 1.165) is 12.1 Å². The van der Waals surface area contributed by atoms with Gasteiger partial charge >= 0.3 is 0 Å². The highest BCUT2D eigenvalue weighted by molar-refractivity contribution is 6.03. The maximum absolute atomic E-state index is 12.3. The zero-order valence-corrected chi connectivity index (χ0v) is 11.7. The summed E-state index contributed by atoms with van der Waals surface area (Å²) in [6.45, 7) is 4.52. The van der Waals surface area contributed by atoms with Crippen molar-refractivity contribution >= 4 is 11.7 Å². The highest BCUT2D eigenvalue weighted by Gasteiger charge is 2.17. The molecule has 0 saturated carbocycles. The molecule has 2 heterocycles. The molecule has 0 atom stereocenters. The van der Waals surface area contributed by atoms with Crippen LogP contribution < -0.4 is 5.32 Å². The number of anilines is 1. The van der Waals surface area contributed by atoms with Crippen LogP contribution in [0.1, 0.15) is 35.6 Å². The van der Waals surface area contributed by atoms with Gasteiger partial charge in [0.05, 0.1) is 11.9 Å². The summed E-state index contributed by atoms with van der Waals surface area (Å²) in [6, 6.07) is 3.76. The molecule has 7 heteroatoms. The van der Waals surface area contributed by atoms with Gasteiger partial charge in [0, 0.05) is 13.6 Å². The Morgan fingerprint density at radius 2 is 2.25 bits per heavy atom. The average Bonchev–Trinajstić information content (AvgIpc) is 3.03. The molecule has 0 aliphatic heterocycles. The van der Waals surface area contributed by atoms with Crippen LogP contribution in [-0.4, -0.2) is 25.5 Å². The Morgan fingerprint density at radius 1 is 1.50 bits per heavy atom. The Morgan fingerprint density at radius 3 is 2.85 bits per heavy atom. The van der Waals surface area contributed by atoms with Crippen LogP contribution in [0.15, 0.2) is 12.3 Å². The number of aromatic nitrogens is 4. The molecule has 0 unspecified atom stereocenters. The van der Waals surface area contributed by atoms with Crippen molar-refractivity contribution in [3.05, 3.63) is 29.2 Å². The Bertz CT molecular complexity index is 676. The summed E-state index contributed by atoms with van der Waals surface area (Å²) in [6.07, 6.45) is 2.19. The first-order chi connectivity index (χ1) is 9.60. The fraction of sp³-hybridized carbons (Fsp3) is 0.385. The summed E-state index contributed by atoms with van der Waals surface area (Å²) in [7, 11) is 1.67. The van der Waals surface area contributed by atoms with Gasteiger partial charge in [0.2, 0.25) is 0 Å². The lowest BCUT2D eigenvalue weighted by atomic mass is 10.3. The first-order valence-corrected chi connectivity index (χ1v) is 6.40. The monoisotopic (exact) mass is 272 g/mol. The molecule has 20 heavy (non-hydrogen) atoms. The zero-order chi connectivity index (χ0) is 14.7. The molecule has 7 nitrogen and oxygen atoms in total. The van der Waals surface area contributed by atoms with E-state index in [2.05, 4.69) is 15.5 Å². The fourth-order valence-corrected chi connectivity index (χ4v) is 1.91. The van der Waals surface area contributed by atoms with Crippen LogP contribution in [0, 0.1) is 11.3 Å². The second kappa shape index (κ2) is 5.57. The standard InChI is InChI=1S/C13H16N6O/c1-4-10-6-11(19(5-2)17-10)13(20)16-12-9(7-14)8-15-18(12)3/h6,8H,4-5H2,1-3H3,(H,16,20). The van der Waals surface area contributed by atoms with Crippen molar-refractivity contribution < 1.29 is 4.79 Å². The molecule has 0 aromatic carbocycles. The third-order valence-corrected chi connectivity index (χ3v) is 3.02. The second-order valence-corrected chi connectivity index (χ2v) is 4.29. The predicted octanol–water partition coefficient (Wildman–Crippen LogP) is 1.32. The largest absolute Gasteiger partial charge is 0.304 e. The van der Waals surface area contributed by atoms with Gasteiger partial charge in [0.1, 0.15) is 23.1 Å². The van der Waals surface area contributed by atoms with Crippen molar-refractivity contribution in [2.45, 2.75) is 26.8 Å². The molecule has 0 saturated heterocycles. The van der Waals surface area contributed by atoms with Gasteiger partial charge in [-0.3, -0.25) is 14.2 Å². The molecule has 0 fully saturated rings. The predicted molar refractivity (Wildman–Crippen MR) is 73.2 cm³/mol. The van der Waals surface area contributed by atoms with Gasteiger partial charge < -0.3 is 5.32 Å². The van der Waals surface area contributed by atoms with E-state index in [1.807, 2.05) is 19.9 Å². The highest BCUT2D eigenvalue weighted by Crippen LogP contribution is 2.15.